The molecule has 0 spiro atoms. The van der Waals surface area contributed by atoms with E-state index in [1.807, 2.05) is 24.3 Å². The molecule has 0 amide bonds. The first-order valence-corrected chi connectivity index (χ1v) is 12.7. The van der Waals surface area contributed by atoms with Crippen molar-refractivity contribution in [3.05, 3.63) is 89.5 Å². The topological polar surface area (TPSA) is 27.7 Å². The van der Waals surface area contributed by atoms with Crippen LogP contribution < -0.4 is 4.74 Å². The smallest absolute Gasteiger partial charge is 0.422 e. The molecule has 8 heteroatoms. The van der Waals surface area contributed by atoms with Crippen LogP contribution in [0.25, 0.3) is 10.8 Å². The summed E-state index contributed by atoms with van der Waals surface area (Å²) in [6.07, 6.45) is 1.19. The molecule has 0 radical (unpaired) electrons. The molecule has 0 N–H and O–H groups in total. The van der Waals surface area contributed by atoms with Crippen molar-refractivity contribution < 1.29 is 36.2 Å². The van der Waals surface area contributed by atoms with Crippen LogP contribution in [0.3, 0.4) is 0 Å². The summed E-state index contributed by atoms with van der Waals surface area (Å²) in [5.74, 6) is -1.27. The Balaban J connectivity index is 1.32. The van der Waals surface area contributed by atoms with Gasteiger partial charge >= 0.3 is 6.18 Å². The van der Waals surface area contributed by atoms with Gasteiger partial charge in [-0.3, -0.25) is 0 Å². The maximum absolute atomic E-state index is 15.2. The van der Waals surface area contributed by atoms with Crippen LogP contribution in [-0.4, -0.2) is 32.3 Å². The Kier molecular flexibility index (Phi) is 9.39. The van der Waals surface area contributed by atoms with Gasteiger partial charge in [0.2, 0.25) is 0 Å². The van der Waals surface area contributed by atoms with Crippen LogP contribution >= 0.6 is 0 Å². The Hall–Kier alpha value is -2.97. The van der Waals surface area contributed by atoms with E-state index < -0.39 is 24.3 Å². The third kappa shape index (κ3) is 7.77. The van der Waals surface area contributed by atoms with E-state index in [0.717, 1.165) is 42.7 Å². The first-order valence-electron chi connectivity index (χ1n) is 12.7. The number of benzene rings is 3. The lowest BCUT2D eigenvalue weighted by atomic mass is 9.98. The molecule has 4 rings (SSSR count). The fourth-order valence-electron chi connectivity index (χ4n) is 4.55. The maximum Gasteiger partial charge on any atom is 0.422 e. The number of halogens is 5. The monoisotopic (exact) mass is 534 g/mol. The molecule has 0 bridgehead atoms. The van der Waals surface area contributed by atoms with Gasteiger partial charge in [-0.2, -0.15) is 13.2 Å². The fraction of sp³-hybridized carbons (Fsp3) is 0.400. The molecular formula is C30H31F5O3. The highest BCUT2D eigenvalue weighted by Crippen LogP contribution is 2.27. The van der Waals surface area contributed by atoms with Crippen LogP contribution in [0.4, 0.5) is 22.0 Å². The van der Waals surface area contributed by atoms with Crippen molar-refractivity contribution in [3.8, 4) is 5.75 Å². The molecule has 3 nitrogen and oxygen atoms in total. The van der Waals surface area contributed by atoms with Gasteiger partial charge in [-0.15, -0.1) is 6.58 Å². The lowest BCUT2D eigenvalue weighted by Crippen LogP contribution is -2.32. The van der Waals surface area contributed by atoms with Gasteiger partial charge < -0.3 is 14.2 Å². The molecule has 0 atom stereocenters. The van der Waals surface area contributed by atoms with Crippen molar-refractivity contribution in [2.45, 2.75) is 51.0 Å². The average Bonchev–Trinajstić information content (AvgIpc) is 2.90. The minimum absolute atomic E-state index is 0.236. The van der Waals surface area contributed by atoms with E-state index in [9.17, 15) is 17.6 Å². The number of hydrogen-bond acceptors (Lipinski definition) is 3. The number of hydrogen-bond donors (Lipinski definition) is 0. The summed E-state index contributed by atoms with van der Waals surface area (Å²) in [4.78, 5) is 0. The number of ether oxygens (including phenoxy) is 3. The summed E-state index contributed by atoms with van der Waals surface area (Å²) < 4.78 is 82.4. The van der Waals surface area contributed by atoms with Crippen LogP contribution in [-0.2, 0) is 28.7 Å². The Morgan fingerprint density at radius 1 is 0.895 bits per heavy atom. The predicted molar refractivity (Wildman–Crippen MR) is 136 cm³/mol. The maximum atomic E-state index is 15.2. The van der Waals surface area contributed by atoms with E-state index in [0.29, 0.717) is 48.5 Å². The average molecular weight is 535 g/mol. The summed E-state index contributed by atoms with van der Waals surface area (Å²) in [7, 11) is 0. The zero-order chi connectivity index (χ0) is 27.1. The van der Waals surface area contributed by atoms with Crippen molar-refractivity contribution in [3.63, 3.8) is 0 Å². The third-order valence-electron chi connectivity index (χ3n) is 6.65. The van der Waals surface area contributed by atoms with Gasteiger partial charge in [-0.05, 0) is 66.3 Å². The molecule has 38 heavy (non-hydrogen) atoms. The van der Waals surface area contributed by atoms with Crippen LogP contribution in [0.2, 0.25) is 0 Å². The fourth-order valence-corrected chi connectivity index (χ4v) is 4.55. The first-order chi connectivity index (χ1) is 18.2. The molecule has 0 saturated carbocycles. The second kappa shape index (κ2) is 12.7. The Morgan fingerprint density at radius 3 is 2.34 bits per heavy atom. The molecular weight excluding hydrogens is 503 g/mol. The van der Waals surface area contributed by atoms with Crippen molar-refractivity contribution in [1.29, 1.82) is 0 Å². The van der Waals surface area contributed by atoms with Gasteiger partial charge in [0, 0.05) is 17.7 Å². The van der Waals surface area contributed by atoms with E-state index in [1.54, 1.807) is 12.1 Å². The van der Waals surface area contributed by atoms with Crippen molar-refractivity contribution in [1.82, 2.24) is 0 Å². The lowest BCUT2D eigenvalue weighted by molar-refractivity contribution is -0.203. The van der Waals surface area contributed by atoms with Gasteiger partial charge in [-0.25, -0.2) is 8.78 Å². The zero-order valence-corrected chi connectivity index (χ0v) is 21.0. The number of allylic oxidation sites excluding steroid dienone is 1. The van der Waals surface area contributed by atoms with Crippen molar-refractivity contribution in [2.24, 2.45) is 5.92 Å². The standard InChI is InChI=1S/C30H31F5O3/c1-2-3-4-22-17-36-28(37-18-22)14-8-20-6-12-25-24(15-20)11-10-23(29(25)32)9-5-21-7-13-27(26(31)16-21)38-19-30(33,34)35/h2,6-7,10-13,15-16,22,28H,1,3-5,8-9,14,17-19H2. The number of alkyl halides is 3. The summed E-state index contributed by atoms with van der Waals surface area (Å²) in [5, 5.41) is 1.29. The van der Waals surface area contributed by atoms with E-state index >= 15 is 4.39 Å². The largest absolute Gasteiger partial charge is 0.481 e. The number of rotatable bonds is 11. The van der Waals surface area contributed by atoms with Gasteiger partial charge in [0.05, 0.1) is 13.2 Å². The van der Waals surface area contributed by atoms with E-state index in [4.69, 9.17) is 9.47 Å². The molecule has 3 aromatic carbocycles. The highest BCUT2D eigenvalue weighted by atomic mass is 19.4. The molecule has 1 saturated heterocycles. The highest BCUT2D eigenvalue weighted by Gasteiger charge is 2.29. The molecule has 0 unspecified atom stereocenters. The third-order valence-corrected chi connectivity index (χ3v) is 6.65. The summed E-state index contributed by atoms with van der Waals surface area (Å²) in [6.45, 7) is 3.56. The molecule has 0 aromatic heterocycles. The van der Waals surface area contributed by atoms with Gasteiger partial charge in [0.15, 0.2) is 24.5 Å². The molecule has 0 aliphatic carbocycles. The molecule has 1 fully saturated rings. The van der Waals surface area contributed by atoms with Gasteiger partial charge in [-0.1, -0.05) is 42.5 Å². The van der Waals surface area contributed by atoms with Crippen LogP contribution in [0, 0.1) is 17.6 Å². The number of fused-ring (bicyclic) bond motifs is 1. The summed E-state index contributed by atoms with van der Waals surface area (Å²) >= 11 is 0. The van der Waals surface area contributed by atoms with E-state index in [-0.39, 0.29) is 12.1 Å². The lowest BCUT2D eigenvalue weighted by Gasteiger charge is -2.29. The van der Waals surface area contributed by atoms with E-state index in [2.05, 4.69) is 11.3 Å². The quantitative estimate of drug-likeness (QED) is 0.186. The SMILES string of the molecule is C=CCCC1COC(CCc2ccc3c(F)c(CCc4ccc(OCC(F)(F)F)c(F)c4)ccc3c2)OC1. The second-order valence-electron chi connectivity index (χ2n) is 9.63. The summed E-state index contributed by atoms with van der Waals surface area (Å²) in [5.41, 5.74) is 2.09. The Bertz CT molecular complexity index is 1230. The minimum atomic E-state index is -4.55. The van der Waals surface area contributed by atoms with Gasteiger partial charge in [0.1, 0.15) is 5.82 Å². The Labute approximate surface area is 219 Å². The van der Waals surface area contributed by atoms with Crippen LogP contribution in [0.1, 0.15) is 36.0 Å². The van der Waals surface area contributed by atoms with Gasteiger partial charge in [0.25, 0.3) is 0 Å². The van der Waals surface area contributed by atoms with Crippen molar-refractivity contribution >= 4 is 10.8 Å². The number of aryl methyl sites for hydroxylation is 3. The molecule has 3 aromatic rings. The molecule has 1 aliphatic heterocycles. The first kappa shape index (κ1) is 28.0. The highest BCUT2D eigenvalue weighted by molar-refractivity contribution is 5.84. The molecule has 204 valence electrons. The normalized spacial score (nSPS) is 18.0. The minimum Gasteiger partial charge on any atom is -0.481 e. The second-order valence-corrected chi connectivity index (χ2v) is 9.63. The zero-order valence-electron chi connectivity index (χ0n) is 21.0. The summed E-state index contributed by atoms with van der Waals surface area (Å²) in [6, 6.07) is 13.0. The van der Waals surface area contributed by atoms with E-state index in [1.165, 1.54) is 12.1 Å². The van der Waals surface area contributed by atoms with Crippen LogP contribution in [0.15, 0.2) is 61.2 Å². The predicted octanol–water partition coefficient (Wildman–Crippen LogP) is 7.73. The van der Waals surface area contributed by atoms with Crippen molar-refractivity contribution in [2.75, 3.05) is 19.8 Å². The Morgan fingerprint density at radius 2 is 1.63 bits per heavy atom. The molecule has 1 aliphatic rings. The van der Waals surface area contributed by atoms with Crippen LogP contribution in [0.5, 0.6) is 5.75 Å². The molecule has 1 heterocycles.